The zero-order valence-electron chi connectivity index (χ0n) is 16.5. The molecule has 152 valence electrons. The molecule has 0 atom stereocenters. The van der Waals surface area contributed by atoms with E-state index in [9.17, 15) is 4.79 Å². The first-order valence-electron chi connectivity index (χ1n) is 10.0. The highest BCUT2D eigenvalue weighted by Crippen LogP contribution is 2.26. The summed E-state index contributed by atoms with van der Waals surface area (Å²) in [7, 11) is 0. The summed E-state index contributed by atoms with van der Waals surface area (Å²) in [5.74, 6) is 0.928. The second-order valence-corrected chi connectivity index (χ2v) is 7.40. The lowest BCUT2D eigenvalue weighted by molar-refractivity contribution is 0.274. The van der Waals surface area contributed by atoms with Gasteiger partial charge in [-0.05, 0) is 18.2 Å². The molecule has 8 heteroatoms. The summed E-state index contributed by atoms with van der Waals surface area (Å²) in [5.41, 5.74) is 1.60. The molecular weight excluding hydrogens is 380 g/mol. The molecule has 1 saturated heterocycles. The molecule has 1 aliphatic rings. The Morgan fingerprint density at radius 1 is 0.967 bits per heavy atom. The molecule has 0 bridgehead atoms. The Kier molecular flexibility index (Phi) is 4.76. The van der Waals surface area contributed by atoms with Crippen molar-refractivity contribution in [2.75, 3.05) is 42.6 Å². The van der Waals surface area contributed by atoms with Crippen LogP contribution >= 0.6 is 0 Å². The summed E-state index contributed by atoms with van der Waals surface area (Å²) in [6.07, 6.45) is 3.30. The first-order chi connectivity index (χ1) is 14.7. The SMILES string of the molecule is O=c1c2ccc(N3CCN(c4nncc5ccccc45)CC3)cc2ncn1CCO. The van der Waals surface area contributed by atoms with Crippen LogP contribution in [0.3, 0.4) is 0 Å². The number of hydrogen-bond acceptors (Lipinski definition) is 7. The minimum absolute atomic E-state index is 0.0868. The molecule has 2 aromatic carbocycles. The summed E-state index contributed by atoms with van der Waals surface area (Å²) in [4.78, 5) is 21.5. The van der Waals surface area contributed by atoms with Gasteiger partial charge >= 0.3 is 0 Å². The molecule has 0 saturated carbocycles. The number of anilines is 2. The lowest BCUT2D eigenvalue weighted by Gasteiger charge is -2.36. The van der Waals surface area contributed by atoms with Crippen molar-refractivity contribution in [2.45, 2.75) is 6.54 Å². The Morgan fingerprint density at radius 3 is 2.60 bits per heavy atom. The molecular formula is C22H22N6O2. The summed E-state index contributed by atoms with van der Waals surface area (Å²) >= 11 is 0. The van der Waals surface area contributed by atoms with Crippen molar-refractivity contribution in [3.63, 3.8) is 0 Å². The average Bonchev–Trinajstić information content (AvgIpc) is 2.80. The Balaban J connectivity index is 1.37. The third-order valence-electron chi connectivity index (χ3n) is 5.65. The normalized spacial score (nSPS) is 14.6. The van der Waals surface area contributed by atoms with E-state index in [2.05, 4.69) is 37.1 Å². The summed E-state index contributed by atoms with van der Waals surface area (Å²) in [5, 5.41) is 20.4. The van der Waals surface area contributed by atoms with E-state index in [1.807, 2.05) is 30.3 Å². The molecule has 1 aliphatic heterocycles. The molecule has 2 aromatic heterocycles. The molecule has 5 rings (SSSR count). The smallest absolute Gasteiger partial charge is 0.261 e. The predicted molar refractivity (Wildman–Crippen MR) is 117 cm³/mol. The number of aromatic nitrogens is 4. The van der Waals surface area contributed by atoms with Gasteiger partial charge < -0.3 is 14.9 Å². The average molecular weight is 402 g/mol. The zero-order valence-corrected chi connectivity index (χ0v) is 16.5. The molecule has 0 unspecified atom stereocenters. The van der Waals surface area contributed by atoms with Crippen molar-refractivity contribution in [1.82, 2.24) is 19.7 Å². The second-order valence-electron chi connectivity index (χ2n) is 7.40. The van der Waals surface area contributed by atoms with Crippen molar-refractivity contribution < 1.29 is 5.11 Å². The Labute approximate surface area is 173 Å². The first kappa shape index (κ1) is 18.5. The molecule has 3 heterocycles. The van der Waals surface area contributed by atoms with Gasteiger partial charge in [0, 0.05) is 42.6 Å². The van der Waals surface area contributed by atoms with Gasteiger partial charge in [0.1, 0.15) is 0 Å². The van der Waals surface area contributed by atoms with Gasteiger partial charge in [0.2, 0.25) is 0 Å². The molecule has 1 N–H and O–H groups in total. The fourth-order valence-corrected chi connectivity index (χ4v) is 4.03. The summed E-state index contributed by atoms with van der Waals surface area (Å²) in [6, 6.07) is 14.0. The maximum Gasteiger partial charge on any atom is 0.261 e. The molecule has 30 heavy (non-hydrogen) atoms. The second kappa shape index (κ2) is 7.72. The van der Waals surface area contributed by atoms with Gasteiger partial charge in [-0.2, -0.15) is 5.10 Å². The first-order valence-corrected chi connectivity index (χ1v) is 10.0. The number of benzene rings is 2. The molecule has 0 amide bonds. The Morgan fingerprint density at radius 2 is 1.77 bits per heavy atom. The van der Waals surface area contributed by atoms with E-state index in [0.29, 0.717) is 10.9 Å². The van der Waals surface area contributed by atoms with Gasteiger partial charge in [-0.3, -0.25) is 9.36 Å². The maximum atomic E-state index is 12.5. The predicted octanol–water partition coefficient (Wildman–Crippen LogP) is 1.66. The molecule has 0 radical (unpaired) electrons. The van der Waals surface area contributed by atoms with Crippen LogP contribution in [0.2, 0.25) is 0 Å². The number of rotatable bonds is 4. The van der Waals surface area contributed by atoms with Crippen LogP contribution in [-0.2, 0) is 6.54 Å². The van der Waals surface area contributed by atoms with Crippen molar-refractivity contribution in [1.29, 1.82) is 0 Å². The molecule has 0 spiro atoms. The third-order valence-corrected chi connectivity index (χ3v) is 5.65. The van der Waals surface area contributed by atoms with E-state index in [4.69, 9.17) is 5.11 Å². The quantitative estimate of drug-likeness (QED) is 0.555. The van der Waals surface area contributed by atoms with Crippen LogP contribution < -0.4 is 15.4 Å². The van der Waals surface area contributed by atoms with Crippen molar-refractivity contribution in [3.05, 3.63) is 65.3 Å². The lowest BCUT2D eigenvalue weighted by Crippen LogP contribution is -2.47. The number of hydrogen-bond donors (Lipinski definition) is 1. The number of piperazine rings is 1. The van der Waals surface area contributed by atoms with E-state index in [-0.39, 0.29) is 18.7 Å². The van der Waals surface area contributed by atoms with Crippen LogP contribution in [0, 0.1) is 0 Å². The summed E-state index contributed by atoms with van der Waals surface area (Å²) < 4.78 is 1.44. The van der Waals surface area contributed by atoms with E-state index in [1.54, 1.807) is 6.20 Å². The molecule has 4 aromatic rings. The largest absolute Gasteiger partial charge is 0.395 e. The van der Waals surface area contributed by atoms with Gasteiger partial charge in [-0.25, -0.2) is 4.98 Å². The lowest BCUT2D eigenvalue weighted by atomic mass is 10.1. The van der Waals surface area contributed by atoms with Crippen molar-refractivity contribution >= 4 is 33.2 Å². The highest BCUT2D eigenvalue weighted by molar-refractivity contribution is 5.91. The minimum Gasteiger partial charge on any atom is -0.395 e. The number of aliphatic hydroxyl groups excluding tert-OH is 1. The number of fused-ring (bicyclic) bond motifs is 2. The summed E-state index contributed by atoms with van der Waals surface area (Å²) in [6.45, 7) is 3.54. The number of nitrogens with zero attached hydrogens (tertiary/aromatic N) is 6. The fourth-order valence-electron chi connectivity index (χ4n) is 4.03. The number of aliphatic hydroxyl groups is 1. The monoisotopic (exact) mass is 402 g/mol. The highest BCUT2D eigenvalue weighted by atomic mass is 16.3. The highest BCUT2D eigenvalue weighted by Gasteiger charge is 2.21. The zero-order chi connectivity index (χ0) is 20.5. The topological polar surface area (TPSA) is 87.4 Å². The Hall–Kier alpha value is -3.52. The van der Waals surface area contributed by atoms with Crippen LogP contribution in [0.25, 0.3) is 21.7 Å². The van der Waals surface area contributed by atoms with Crippen molar-refractivity contribution in [3.8, 4) is 0 Å². The van der Waals surface area contributed by atoms with Gasteiger partial charge in [0.25, 0.3) is 5.56 Å². The van der Waals surface area contributed by atoms with E-state index >= 15 is 0 Å². The van der Waals surface area contributed by atoms with Crippen LogP contribution in [0.4, 0.5) is 11.5 Å². The molecule has 8 nitrogen and oxygen atoms in total. The van der Waals surface area contributed by atoms with Crippen LogP contribution in [0.15, 0.2) is 59.8 Å². The van der Waals surface area contributed by atoms with E-state index in [1.165, 1.54) is 10.9 Å². The Bertz CT molecular complexity index is 1260. The van der Waals surface area contributed by atoms with Gasteiger partial charge in [0.05, 0.1) is 36.6 Å². The van der Waals surface area contributed by atoms with Crippen molar-refractivity contribution in [2.24, 2.45) is 0 Å². The van der Waals surface area contributed by atoms with E-state index < -0.39 is 0 Å². The van der Waals surface area contributed by atoms with Gasteiger partial charge in [0.15, 0.2) is 5.82 Å². The third kappa shape index (κ3) is 3.25. The van der Waals surface area contributed by atoms with Gasteiger partial charge in [-0.15, -0.1) is 5.10 Å². The molecule has 0 aliphatic carbocycles. The molecule has 1 fully saturated rings. The standard InChI is InChI=1S/C22H22N6O2/c29-12-11-28-15-23-20-13-17(5-6-19(20)22(28)30)26-7-9-27(10-8-26)21-18-4-2-1-3-16(18)14-24-25-21/h1-6,13-15,29H,7-12H2. The van der Waals surface area contributed by atoms with E-state index in [0.717, 1.165) is 48.5 Å². The van der Waals surface area contributed by atoms with Crippen LogP contribution in [0.5, 0.6) is 0 Å². The maximum absolute atomic E-state index is 12.5. The van der Waals surface area contributed by atoms with Crippen LogP contribution in [-0.4, -0.2) is 57.6 Å². The minimum atomic E-state index is -0.125. The van der Waals surface area contributed by atoms with Gasteiger partial charge in [-0.1, -0.05) is 24.3 Å². The van der Waals surface area contributed by atoms with Crippen LogP contribution in [0.1, 0.15) is 0 Å². The fraction of sp³-hybridized carbons (Fsp3) is 0.273.